The van der Waals surface area contributed by atoms with Gasteiger partial charge in [-0.05, 0) is 24.2 Å². The molecular weight excluding hydrogens is 240 g/mol. The summed E-state index contributed by atoms with van der Waals surface area (Å²) in [5.74, 6) is 0.832. The van der Waals surface area contributed by atoms with Gasteiger partial charge >= 0.3 is 0 Å². The molecule has 1 aromatic rings. The normalized spacial score (nSPS) is 19.9. The highest BCUT2D eigenvalue weighted by Gasteiger charge is 2.19. The molecule has 0 N–H and O–H groups in total. The molecule has 1 atom stereocenters. The number of rotatable bonds is 5. The van der Waals surface area contributed by atoms with E-state index in [1.807, 2.05) is 24.3 Å². The summed E-state index contributed by atoms with van der Waals surface area (Å²) in [5, 5.41) is 8.61. The summed E-state index contributed by atoms with van der Waals surface area (Å²) >= 11 is 0. The average molecular weight is 260 g/mol. The number of morpholine rings is 1. The van der Waals surface area contributed by atoms with Crippen LogP contribution in [0.5, 0.6) is 5.75 Å². The van der Waals surface area contributed by atoms with Crippen LogP contribution in [-0.2, 0) is 11.2 Å². The smallest absolute Gasteiger partial charge is 0.119 e. The van der Waals surface area contributed by atoms with Crippen LogP contribution >= 0.6 is 0 Å². The summed E-state index contributed by atoms with van der Waals surface area (Å²) in [5.41, 5.74) is 1.01. The first-order chi connectivity index (χ1) is 9.31. The number of hydrogen-bond acceptors (Lipinski definition) is 4. The van der Waals surface area contributed by atoms with Gasteiger partial charge in [0.1, 0.15) is 18.5 Å². The lowest BCUT2D eigenvalue weighted by Crippen LogP contribution is -2.44. The summed E-state index contributed by atoms with van der Waals surface area (Å²) in [4.78, 5) is 2.37. The molecule has 1 saturated heterocycles. The molecule has 0 amide bonds. The van der Waals surface area contributed by atoms with Gasteiger partial charge in [-0.2, -0.15) is 5.26 Å². The van der Waals surface area contributed by atoms with Crippen molar-refractivity contribution in [1.29, 1.82) is 5.26 Å². The van der Waals surface area contributed by atoms with Crippen molar-refractivity contribution in [3.05, 3.63) is 29.8 Å². The molecule has 1 aliphatic rings. The minimum atomic E-state index is 0.146. The van der Waals surface area contributed by atoms with Crippen LogP contribution in [0.4, 0.5) is 0 Å². The number of likely N-dealkylation sites (N-methyl/N-ethyl adjacent to an activating group) is 1. The van der Waals surface area contributed by atoms with Gasteiger partial charge < -0.3 is 9.47 Å². The largest absolute Gasteiger partial charge is 0.491 e. The van der Waals surface area contributed by atoms with E-state index in [-0.39, 0.29) is 6.10 Å². The van der Waals surface area contributed by atoms with Crippen molar-refractivity contribution < 1.29 is 9.47 Å². The van der Waals surface area contributed by atoms with Gasteiger partial charge in [-0.3, -0.25) is 4.90 Å². The first-order valence-corrected chi connectivity index (χ1v) is 6.74. The summed E-state index contributed by atoms with van der Waals surface area (Å²) in [6, 6.07) is 9.81. The van der Waals surface area contributed by atoms with Crippen molar-refractivity contribution in [3.63, 3.8) is 0 Å². The minimum absolute atomic E-state index is 0.146. The van der Waals surface area contributed by atoms with Crippen molar-refractivity contribution in [1.82, 2.24) is 4.90 Å². The van der Waals surface area contributed by atoms with Crippen molar-refractivity contribution in [2.75, 3.05) is 32.8 Å². The van der Waals surface area contributed by atoms with Crippen molar-refractivity contribution in [2.24, 2.45) is 0 Å². The number of nitrogens with zero attached hydrogens (tertiary/aromatic N) is 2. The topological polar surface area (TPSA) is 45.5 Å². The van der Waals surface area contributed by atoms with Crippen LogP contribution in [-0.4, -0.2) is 43.9 Å². The molecule has 1 unspecified atom stereocenters. The monoisotopic (exact) mass is 260 g/mol. The molecule has 1 aliphatic heterocycles. The van der Waals surface area contributed by atoms with E-state index >= 15 is 0 Å². The van der Waals surface area contributed by atoms with Gasteiger partial charge in [0.2, 0.25) is 0 Å². The second kappa shape index (κ2) is 7.13. The van der Waals surface area contributed by atoms with Crippen molar-refractivity contribution in [3.8, 4) is 11.8 Å². The van der Waals surface area contributed by atoms with E-state index < -0.39 is 0 Å². The number of benzene rings is 1. The maximum Gasteiger partial charge on any atom is 0.119 e. The predicted molar refractivity (Wildman–Crippen MR) is 73.1 cm³/mol. The third-order valence-corrected chi connectivity index (χ3v) is 3.31. The SMILES string of the molecule is CCN1CCOC(COc2ccc(CC#N)cc2)C1. The lowest BCUT2D eigenvalue weighted by molar-refractivity contribution is -0.0464. The molecule has 1 aromatic carbocycles. The van der Waals surface area contributed by atoms with E-state index in [1.54, 1.807) is 0 Å². The maximum absolute atomic E-state index is 8.61. The van der Waals surface area contributed by atoms with Crippen LogP contribution in [0, 0.1) is 11.3 Å². The molecule has 0 bridgehead atoms. The summed E-state index contributed by atoms with van der Waals surface area (Å²) in [6.45, 7) is 6.52. The Balaban J connectivity index is 1.80. The fourth-order valence-electron chi connectivity index (χ4n) is 2.15. The zero-order valence-corrected chi connectivity index (χ0v) is 11.3. The van der Waals surface area contributed by atoms with Gasteiger partial charge in [-0.15, -0.1) is 0 Å². The van der Waals surface area contributed by atoms with Gasteiger partial charge in [0.05, 0.1) is 19.1 Å². The molecule has 0 radical (unpaired) electrons. The minimum Gasteiger partial charge on any atom is -0.491 e. The molecule has 102 valence electrons. The van der Waals surface area contributed by atoms with Gasteiger partial charge in [0.25, 0.3) is 0 Å². The van der Waals surface area contributed by atoms with Gasteiger partial charge in [0, 0.05) is 13.1 Å². The van der Waals surface area contributed by atoms with E-state index in [9.17, 15) is 0 Å². The third-order valence-electron chi connectivity index (χ3n) is 3.31. The quantitative estimate of drug-likeness (QED) is 0.810. The van der Waals surface area contributed by atoms with E-state index in [0.717, 1.165) is 37.6 Å². The zero-order chi connectivity index (χ0) is 13.5. The van der Waals surface area contributed by atoms with Crippen molar-refractivity contribution in [2.45, 2.75) is 19.4 Å². The fraction of sp³-hybridized carbons (Fsp3) is 0.533. The van der Waals surface area contributed by atoms with Crippen LogP contribution < -0.4 is 4.74 Å². The van der Waals surface area contributed by atoms with Gasteiger partial charge in [0.15, 0.2) is 0 Å². The first kappa shape index (κ1) is 13.9. The Morgan fingerprint density at radius 3 is 2.89 bits per heavy atom. The lowest BCUT2D eigenvalue weighted by Gasteiger charge is -2.31. The molecule has 1 heterocycles. The maximum atomic E-state index is 8.61. The fourth-order valence-corrected chi connectivity index (χ4v) is 2.15. The number of hydrogen-bond donors (Lipinski definition) is 0. The summed E-state index contributed by atoms with van der Waals surface area (Å²) in [7, 11) is 0. The second-order valence-corrected chi connectivity index (χ2v) is 4.68. The van der Waals surface area contributed by atoms with E-state index in [0.29, 0.717) is 13.0 Å². The van der Waals surface area contributed by atoms with Crippen LogP contribution in [0.25, 0.3) is 0 Å². The molecule has 0 aromatic heterocycles. The number of nitriles is 1. The summed E-state index contributed by atoms with van der Waals surface area (Å²) in [6.07, 6.45) is 0.588. The molecule has 0 aliphatic carbocycles. The van der Waals surface area contributed by atoms with Gasteiger partial charge in [-0.25, -0.2) is 0 Å². The Kier molecular flexibility index (Phi) is 5.20. The summed E-state index contributed by atoms with van der Waals surface area (Å²) < 4.78 is 11.4. The lowest BCUT2D eigenvalue weighted by atomic mass is 10.2. The standard InChI is InChI=1S/C15H20N2O2/c1-2-17-9-10-18-15(11-17)12-19-14-5-3-13(4-6-14)7-8-16/h3-6,15H,2,7,9-12H2,1H3. The molecule has 1 fully saturated rings. The number of ether oxygens (including phenoxy) is 2. The molecule has 0 spiro atoms. The Labute approximate surface area is 114 Å². The highest BCUT2D eigenvalue weighted by Crippen LogP contribution is 2.14. The van der Waals surface area contributed by atoms with Crippen LogP contribution in [0.2, 0.25) is 0 Å². The van der Waals surface area contributed by atoms with Crippen LogP contribution in [0.3, 0.4) is 0 Å². The van der Waals surface area contributed by atoms with Crippen molar-refractivity contribution >= 4 is 0 Å². The third kappa shape index (κ3) is 4.23. The molecule has 2 rings (SSSR count). The Hall–Kier alpha value is -1.57. The van der Waals surface area contributed by atoms with E-state index in [1.165, 1.54) is 0 Å². The molecule has 4 heteroatoms. The molecule has 0 saturated carbocycles. The van der Waals surface area contributed by atoms with E-state index in [4.69, 9.17) is 14.7 Å². The predicted octanol–water partition coefficient (Wildman–Crippen LogP) is 1.85. The zero-order valence-electron chi connectivity index (χ0n) is 11.3. The highest BCUT2D eigenvalue weighted by molar-refractivity contribution is 5.28. The van der Waals surface area contributed by atoms with Gasteiger partial charge in [-0.1, -0.05) is 19.1 Å². The van der Waals surface area contributed by atoms with E-state index in [2.05, 4.69) is 17.9 Å². The Bertz CT molecular complexity index is 425. The Morgan fingerprint density at radius 1 is 1.42 bits per heavy atom. The molecule has 4 nitrogen and oxygen atoms in total. The Morgan fingerprint density at radius 2 is 2.21 bits per heavy atom. The molecule has 19 heavy (non-hydrogen) atoms. The van der Waals surface area contributed by atoms with Crippen LogP contribution in [0.1, 0.15) is 12.5 Å². The highest BCUT2D eigenvalue weighted by atomic mass is 16.5. The molecular formula is C15H20N2O2. The van der Waals surface area contributed by atoms with Crippen LogP contribution in [0.15, 0.2) is 24.3 Å². The second-order valence-electron chi connectivity index (χ2n) is 4.68. The average Bonchev–Trinajstić information content (AvgIpc) is 2.47. The first-order valence-electron chi connectivity index (χ1n) is 6.74.